The van der Waals surface area contributed by atoms with Gasteiger partial charge in [0.05, 0.1) is 6.61 Å². The molecule has 0 spiro atoms. The summed E-state index contributed by atoms with van der Waals surface area (Å²) in [6.07, 6.45) is 2.44. The van der Waals surface area contributed by atoms with Crippen molar-refractivity contribution in [3.05, 3.63) is 23.8 Å². The Kier molecular flexibility index (Phi) is 5.08. The van der Waals surface area contributed by atoms with E-state index in [1.807, 2.05) is 0 Å². The molecule has 19 heavy (non-hydrogen) atoms. The van der Waals surface area contributed by atoms with Crippen LogP contribution < -0.4 is 10.2 Å². The molecule has 0 amide bonds. The van der Waals surface area contributed by atoms with Crippen LogP contribution in [0, 0.1) is 5.92 Å². The summed E-state index contributed by atoms with van der Waals surface area (Å²) >= 11 is 0. The van der Waals surface area contributed by atoms with Gasteiger partial charge in [0.15, 0.2) is 0 Å². The van der Waals surface area contributed by atoms with Crippen LogP contribution in [0.1, 0.15) is 25.8 Å². The predicted octanol–water partition coefficient (Wildman–Crippen LogP) is 3.15. The van der Waals surface area contributed by atoms with E-state index in [9.17, 15) is 0 Å². The van der Waals surface area contributed by atoms with Gasteiger partial charge in [-0.05, 0) is 36.5 Å². The van der Waals surface area contributed by atoms with E-state index in [1.54, 1.807) is 7.11 Å². The molecule has 1 aromatic rings. The number of rotatable bonds is 6. The van der Waals surface area contributed by atoms with E-state index in [4.69, 9.17) is 4.74 Å². The second-order valence-electron chi connectivity index (χ2n) is 5.70. The number of anilines is 2. The van der Waals surface area contributed by atoms with Crippen molar-refractivity contribution in [1.29, 1.82) is 0 Å². The average molecular weight is 262 g/mol. The van der Waals surface area contributed by atoms with Gasteiger partial charge in [0.1, 0.15) is 0 Å². The molecule has 3 nitrogen and oxygen atoms in total. The maximum Gasteiger partial charge on any atom is 0.0637 e. The third-order valence-corrected chi connectivity index (χ3v) is 3.55. The fourth-order valence-electron chi connectivity index (χ4n) is 2.61. The Morgan fingerprint density at radius 2 is 2.21 bits per heavy atom. The van der Waals surface area contributed by atoms with Crippen LogP contribution in [0.2, 0.25) is 0 Å². The molecule has 0 fully saturated rings. The Morgan fingerprint density at radius 1 is 1.37 bits per heavy atom. The summed E-state index contributed by atoms with van der Waals surface area (Å²) in [6, 6.07) is 6.83. The van der Waals surface area contributed by atoms with Gasteiger partial charge < -0.3 is 15.0 Å². The van der Waals surface area contributed by atoms with E-state index in [-0.39, 0.29) is 0 Å². The summed E-state index contributed by atoms with van der Waals surface area (Å²) in [5, 5.41) is 3.51. The van der Waals surface area contributed by atoms with Crippen molar-refractivity contribution in [1.82, 2.24) is 0 Å². The van der Waals surface area contributed by atoms with Gasteiger partial charge in [-0.15, -0.1) is 0 Å². The molecule has 0 radical (unpaired) electrons. The normalized spacial score (nSPS) is 14.1. The zero-order valence-corrected chi connectivity index (χ0v) is 12.4. The molecule has 3 heteroatoms. The number of fused-ring (bicyclic) bond motifs is 1. The number of nitrogens with one attached hydrogen (secondary N) is 1. The minimum Gasteiger partial charge on any atom is -0.385 e. The fourth-order valence-corrected chi connectivity index (χ4v) is 2.61. The Bertz CT molecular complexity index is 404. The molecule has 0 unspecified atom stereocenters. The topological polar surface area (TPSA) is 24.5 Å². The van der Waals surface area contributed by atoms with E-state index in [0.717, 1.165) is 26.2 Å². The van der Waals surface area contributed by atoms with Gasteiger partial charge in [-0.25, -0.2) is 0 Å². The van der Waals surface area contributed by atoms with Crippen LogP contribution in [0.25, 0.3) is 0 Å². The van der Waals surface area contributed by atoms with Crippen LogP contribution in [0.5, 0.6) is 0 Å². The van der Waals surface area contributed by atoms with Crippen molar-refractivity contribution in [3.8, 4) is 0 Å². The Labute approximate surface area is 116 Å². The van der Waals surface area contributed by atoms with E-state index >= 15 is 0 Å². The number of hydrogen-bond donors (Lipinski definition) is 1. The highest BCUT2D eigenvalue weighted by Crippen LogP contribution is 2.27. The van der Waals surface area contributed by atoms with E-state index in [0.29, 0.717) is 5.92 Å². The molecule has 0 saturated carbocycles. The predicted molar refractivity (Wildman–Crippen MR) is 82.2 cm³/mol. The summed E-state index contributed by atoms with van der Waals surface area (Å²) in [6.45, 7) is 8.42. The first-order valence-corrected chi connectivity index (χ1v) is 7.31. The third kappa shape index (κ3) is 3.87. The second kappa shape index (κ2) is 6.80. The molecule has 0 aromatic heterocycles. The smallest absolute Gasteiger partial charge is 0.0637 e. The fraction of sp³-hybridized carbons (Fsp3) is 0.625. The van der Waals surface area contributed by atoms with Crippen LogP contribution in [0.15, 0.2) is 18.2 Å². The van der Waals surface area contributed by atoms with Gasteiger partial charge >= 0.3 is 0 Å². The molecule has 0 aliphatic carbocycles. The maximum absolute atomic E-state index is 5.23. The van der Waals surface area contributed by atoms with Crippen molar-refractivity contribution in [2.75, 3.05) is 43.6 Å². The first-order chi connectivity index (χ1) is 9.20. The van der Waals surface area contributed by atoms with Crippen molar-refractivity contribution >= 4 is 11.4 Å². The molecular formula is C16H26N2O. The van der Waals surface area contributed by atoms with Gasteiger partial charge in [0.25, 0.3) is 0 Å². The van der Waals surface area contributed by atoms with Crippen LogP contribution >= 0.6 is 0 Å². The molecule has 0 bridgehead atoms. The average Bonchev–Trinajstić information content (AvgIpc) is 2.42. The molecule has 1 aromatic carbocycles. The zero-order valence-electron chi connectivity index (χ0n) is 12.4. The number of benzene rings is 1. The van der Waals surface area contributed by atoms with Crippen molar-refractivity contribution < 1.29 is 4.74 Å². The van der Waals surface area contributed by atoms with Gasteiger partial charge in [-0.3, -0.25) is 0 Å². The van der Waals surface area contributed by atoms with Gasteiger partial charge in [0, 0.05) is 38.1 Å². The summed E-state index contributed by atoms with van der Waals surface area (Å²) in [5.74, 6) is 0.654. The Morgan fingerprint density at radius 3 is 2.95 bits per heavy atom. The summed E-state index contributed by atoms with van der Waals surface area (Å²) in [7, 11) is 1.77. The molecule has 2 rings (SSSR count). The lowest BCUT2D eigenvalue weighted by atomic mass is 10.0. The van der Waals surface area contributed by atoms with E-state index in [2.05, 4.69) is 42.3 Å². The van der Waals surface area contributed by atoms with Crippen molar-refractivity contribution in [3.63, 3.8) is 0 Å². The maximum atomic E-state index is 5.23. The van der Waals surface area contributed by atoms with Gasteiger partial charge in [-0.2, -0.15) is 0 Å². The van der Waals surface area contributed by atoms with E-state index in [1.165, 1.54) is 29.8 Å². The van der Waals surface area contributed by atoms with Crippen LogP contribution in [-0.2, 0) is 11.2 Å². The van der Waals surface area contributed by atoms with Gasteiger partial charge in [0.2, 0.25) is 0 Å². The monoisotopic (exact) mass is 262 g/mol. The Balaban J connectivity index is 2.15. The highest BCUT2D eigenvalue weighted by atomic mass is 16.5. The number of hydrogen-bond acceptors (Lipinski definition) is 3. The van der Waals surface area contributed by atoms with Crippen LogP contribution in [0.4, 0.5) is 11.4 Å². The second-order valence-corrected chi connectivity index (χ2v) is 5.70. The highest BCUT2D eigenvalue weighted by Gasteiger charge is 2.13. The van der Waals surface area contributed by atoms with Crippen molar-refractivity contribution in [2.45, 2.75) is 26.7 Å². The standard InChI is InChI=1S/C16H26N2O/c1-13(2)12-18(9-10-19-3)15-7-6-14-5-4-8-17-16(14)11-15/h6-7,11,13,17H,4-5,8-10,12H2,1-3H3. The number of ether oxygens (including phenoxy) is 1. The molecule has 1 N–H and O–H groups in total. The lowest BCUT2D eigenvalue weighted by Gasteiger charge is -2.28. The molecule has 1 aliphatic heterocycles. The molecule has 0 atom stereocenters. The molecular weight excluding hydrogens is 236 g/mol. The quantitative estimate of drug-likeness (QED) is 0.852. The first kappa shape index (κ1) is 14.2. The molecule has 106 valence electrons. The lowest BCUT2D eigenvalue weighted by Crippen LogP contribution is -2.31. The minimum absolute atomic E-state index is 0.654. The number of methoxy groups -OCH3 is 1. The van der Waals surface area contributed by atoms with Crippen molar-refractivity contribution in [2.24, 2.45) is 5.92 Å². The SMILES string of the molecule is COCCN(CC(C)C)c1ccc2c(c1)NCCC2. The summed E-state index contributed by atoms with van der Waals surface area (Å²) < 4.78 is 5.23. The Hall–Kier alpha value is -1.22. The minimum atomic E-state index is 0.654. The number of nitrogens with zero attached hydrogens (tertiary/aromatic N) is 1. The largest absolute Gasteiger partial charge is 0.385 e. The zero-order chi connectivity index (χ0) is 13.7. The highest BCUT2D eigenvalue weighted by molar-refractivity contribution is 5.63. The summed E-state index contributed by atoms with van der Waals surface area (Å²) in [4.78, 5) is 2.42. The summed E-state index contributed by atoms with van der Waals surface area (Å²) in [5.41, 5.74) is 4.07. The first-order valence-electron chi connectivity index (χ1n) is 7.31. The third-order valence-electron chi connectivity index (χ3n) is 3.55. The van der Waals surface area contributed by atoms with E-state index < -0.39 is 0 Å². The van der Waals surface area contributed by atoms with Gasteiger partial charge in [-0.1, -0.05) is 19.9 Å². The molecule has 1 heterocycles. The van der Waals surface area contributed by atoms with Crippen LogP contribution in [-0.4, -0.2) is 33.4 Å². The van der Waals surface area contributed by atoms with Crippen LogP contribution in [0.3, 0.4) is 0 Å². The lowest BCUT2D eigenvalue weighted by molar-refractivity contribution is 0.204. The number of aryl methyl sites for hydroxylation is 1. The molecule has 1 aliphatic rings. The molecule has 0 saturated heterocycles.